The standard InChI is InChI=1S/C14H11BrN2O2.ClH/c15-11-7-5-10(6-8-11)9-16-17-13-4-2-1-3-12(13)14(18)19;/h1-9,17H,(H,18,19);1H. The van der Waals surface area contributed by atoms with E-state index >= 15 is 0 Å². The number of anilines is 1. The van der Waals surface area contributed by atoms with Gasteiger partial charge < -0.3 is 5.11 Å². The first-order valence-corrected chi connectivity index (χ1v) is 6.33. The molecule has 2 aromatic carbocycles. The van der Waals surface area contributed by atoms with Crippen molar-refractivity contribution < 1.29 is 9.90 Å². The second-order valence-electron chi connectivity index (χ2n) is 3.77. The van der Waals surface area contributed by atoms with Gasteiger partial charge in [0.25, 0.3) is 0 Å². The first-order valence-electron chi connectivity index (χ1n) is 5.54. The number of nitrogens with one attached hydrogen (secondary N) is 1. The molecule has 0 radical (unpaired) electrons. The normalized spacial score (nSPS) is 10.1. The number of carboxylic acids is 1. The molecule has 0 aliphatic rings. The van der Waals surface area contributed by atoms with E-state index in [2.05, 4.69) is 26.5 Å². The molecule has 0 amide bonds. The molecule has 0 aromatic heterocycles. The third-order valence-electron chi connectivity index (χ3n) is 2.43. The monoisotopic (exact) mass is 354 g/mol. The number of halogens is 2. The lowest BCUT2D eigenvalue weighted by molar-refractivity contribution is 0.0698. The number of aromatic carboxylic acids is 1. The van der Waals surface area contributed by atoms with Gasteiger partial charge in [-0.3, -0.25) is 5.43 Å². The summed E-state index contributed by atoms with van der Waals surface area (Å²) in [4.78, 5) is 11.0. The summed E-state index contributed by atoms with van der Waals surface area (Å²) < 4.78 is 0.994. The van der Waals surface area contributed by atoms with Gasteiger partial charge >= 0.3 is 5.97 Å². The number of hydrazone groups is 1. The van der Waals surface area contributed by atoms with Crippen LogP contribution in [0, 0.1) is 0 Å². The quantitative estimate of drug-likeness (QED) is 0.643. The molecule has 0 bridgehead atoms. The summed E-state index contributed by atoms with van der Waals surface area (Å²) in [7, 11) is 0. The van der Waals surface area contributed by atoms with Crippen LogP contribution in [0.1, 0.15) is 15.9 Å². The molecular weight excluding hydrogens is 344 g/mol. The number of hydrogen-bond donors (Lipinski definition) is 2. The molecule has 0 saturated carbocycles. The fourth-order valence-electron chi connectivity index (χ4n) is 1.49. The summed E-state index contributed by atoms with van der Waals surface area (Å²) in [6, 6.07) is 14.2. The van der Waals surface area contributed by atoms with Crippen LogP contribution < -0.4 is 5.43 Å². The number of hydrogen-bond acceptors (Lipinski definition) is 3. The van der Waals surface area contributed by atoms with Gasteiger partial charge in [0.05, 0.1) is 17.5 Å². The molecule has 0 atom stereocenters. The maximum Gasteiger partial charge on any atom is 0.337 e. The van der Waals surface area contributed by atoms with Gasteiger partial charge in [-0.15, -0.1) is 12.4 Å². The van der Waals surface area contributed by atoms with Crippen LogP contribution in [0.15, 0.2) is 58.1 Å². The molecule has 104 valence electrons. The summed E-state index contributed by atoms with van der Waals surface area (Å²) in [6.07, 6.45) is 1.63. The molecule has 0 aliphatic carbocycles. The molecule has 0 heterocycles. The molecule has 2 rings (SSSR count). The Bertz CT molecular complexity index is 615. The Balaban J connectivity index is 0.00000200. The Morgan fingerprint density at radius 3 is 2.45 bits per heavy atom. The lowest BCUT2D eigenvalue weighted by Gasteiger charge is -2.04. The molecule has 0 spiro atoms. The zero-order chi connectivity index (χ0) is 13.7. The zero-order valence-electron chi connectivity index (χ0n) is 10.3. The SMILES string of the molecule is Cl.O=C(O)c1ccccc1NN=Cc1ccc(Br)cc1. The summed E-state index contributed by atoms with van der Waals surface area (Å²) in [5.74, 6) is -0.984. The van der Waals surface area contributed by atoms with Crippen molar-refractivity contribution in [3.63, 3.8) is 0 Å². The van der Waals surface area contributed by atoms with Gasteiger partial charge in [0.15, 0.2) is 0 Å². The van der Waals surface area contributed by atoms with Gasteiger partial charge in [-0.2, -0.15) is 5.10 Å². The van der Waals surface area contributed by atoms with E-state index < -0.39 is 5.97 Å². The van der Waals surface area contributed by atoms with Gasteiger partial charge in [-0.1, -0.05) is 40.2 Å². The predicted octanol–water partition coefficient (Wildman–Crippen LogP) is 4.02. The summed E-state index contributed by atoms with van der Waals surface area (Å²) in [5, 5.41) is 13.0. The number of nitrogens with zero attached hydrogens (tertiary/aromatic N) is 1. The van der Waals surface area contributed by atoms with Crippen LogP contribution in [-0.4, -0.2) is 17.3 Å². The molecule has 0 fully saturated rings. The van der Waals surface area contributed by atoms with E-state index in [1.54, 1.807) is 24.4 Å². The fraction of sp³-hybridized carbons (Fsp3) is 0. The molecule has 20 heavy (non-hydrogen) atoms. The van der Waals surface area contributed by atoms with Gasteiger partial charge in [-0.25, -0.2) is 4.79 Å². The topological polar surface area (TPSA) is 61.7 Å². The summed E-state index contributed by atoms with van der Waals surface area (Å²) >= 11 is 3.35. The average molecular weight is 356 g/mol. The molecule has 2 aromatic rings. The van der Waals surface area contributed by atoms with Crippen molar-refractivity contribution in [2.75, 3.05) is 5.43 Å². The number of para-hydroxylation sites is 1. The highest BCUT2D eigenvalue weighted by molar-refractivity contribution is 9.10. The molecule has 2 N–H and O–H groups in total. The lowest BCUT2D eigenvalue weighted by Crippen LogP contribution is -2.02. The van der Waals surface area contributed by atoms with E-state index in [1.165, 1.54) is 6.07 Å². The highest BCUT2D eigenvalue weighted by Gasteiger charge is 2.07. The summed E-state index contributed by atoms with van der Waals surface area (Å²) in [6.45, 7) is 0. The minimum atomic E-state index is -0.984. The van der Waals surface area contributed by atoms with Gasteiger partial charge in [0, 0.05) is 4.47 Å². The molecule has 0 unspecified atom stereocenters. The molecule has 4 nitrogen and oxygen atoms in total. The second kappa shape index (κ2) is 7.67. The average Bonchev–Trinajstić information content (AvgIpc) is 2.41. The van der Waals surface area contributed by atoms with E-state index in [0.29, 0.717) is 5.69 Å². The highest BCUT2D eigenvalue weighted by atomic mass is 79.9. The van der Waals surface area contributed by atoms with Crippen molar-refractivity contribution in [1.29, 1.82) is 0 Å². The van der Waals surface area contributed by atoms with Crippen LogP contribution in [0.3, 0.4) is 0 Å². The number of carboxylic acid groups (broad SMARTS) is 1. The fourth-order valence-corrected chi connectivity index (χ4v) is 1.76. The van der Waals surface area contributed by atoms with Crippen LogP contribution in [0.2, 0.25) is 0 Å². The highest BCUT2D eigenvalue weighted by Crippen LogP contribution is 2.14. The van der Waals surface area contributed by atoms with E-state index in [4.69, 9.17) is 5.11 Å². The number of benzene rings is 2. The Morgan fingerprint density at radius 2 is 1.80 bits per heavy atom. The van der Waals surface area contributed by atoms with Crippen LogP contribution in [0.25, 0.3) is 0 Å². The van der Waals surface area contributed by atoms with Gasteiger partial charge in [-0.05, 0) is 29.8 Å². The lowest BCUT2D eigenvalue weighted by atomic mass is 10.2. The largest absolute Gasteiger partial charge is 0.478 e. The van der Waals surface area contributed by atoms with Crippen LogP contribution >= 0.6 is 28.3 Å². The second-order valence-corrected chi connectivity index (χ2v) is 4.69. The number of rotatable bonds is 4. The van der Waals surface area contributed by atoms with E-state index in [-0.39, 0.29) is 18.0 Å². The Morgan fingerprint density at radius 1 is 1.15 bits per heavy atom. The van der Waals surface area contributed by atoms with Crippen molar-refractivity contribution in [2.45, 2.75) is 0 Å². The molecule has 0 aliphatic heterocycles. The third kappa shape index (κ3) is 4.36. The minimum absolute atomic E-state index is 0. The van der Waals surface area contributed by atoms with E-state index in [9.17, 15) is 4.79 Å². The summed E-state index contributed by atoms with van der Waals surface area (Å²) in [5.41, 5.74) is 4.31. The molecule has 6 heteroatoms. The minimum Gasteiger partial charge on any atom is -0.478 e. The maximum atomic E-state index is 11.0. The first kappa shape index (κ1) is 16.2. The van der Waals surface area contributed by atoms with Crippen molar-refractivity contribution in [2.24, 2.45) is 5.10 Å². The maximum absolute atomic E-state index is 11.0. The number of carbonyl (C=O) groups is 1. The van der Waals surface area contributed by atoms with Crippen LogP contribution in [0.5, 0.6) is 0 Å². The van der Waals surface area contributed by atoms with Crippen LogP contribution in [-0.2, 0) is 0 Å². The Hall–Kier alpha value is -1.85. The first-order chi connectivity index (χ1) is 9.16. The van der Waals surface area contributed by atoms with Crippen molar-refractivity contribution >= 4 is 46.2 Å². The Kier molecular flexibility index (Phi) is 6.21. The smallest absolute Gasteiger partial charge is 0.337 e. The van der Waals surface area contributed by atoms with Gasteiger partial charge in [0.2, 0.25) is 0 Å². The van der Waals surface area contributed by atoms with Crippen LogP contribution in [0.4, 0.5) is 5.69 Å². The van der Waals surface area contributed by atoms with Gasteiger partial charge in [0.1, 0.15) is 0 Å². The molecular formula is C14H12BrClN2O2. The molecule has 0 saturated heterocycles. The Labute approximate surface area is 131 Å². The van der Waals surface area contributed by atoms with E-state index in [0.717, 1.165) is 10.0 Å². The predicted molar refractivity (Wildman–Crippen MR) is 86.0 cm³/mol. The van der Waals surface area contributed by atoms with E-state index in [1.807, 2.05) is 24.3 Å². The van der Waals surface area contributed by atoms with Crippen molar-refractivity contribution in [3.05, 3.63) is 64.1 Å². The van der Waals surface area contributed by atoms with Crippen molar-refractivity contribution in [1.82, 2.24) is 0 Å². The zero-order valence-corrected chi connectivity index (χ0v) is 12.7. The van der Waals surface area contributed by atoms with Crippen molar-refractivity contribution in [3.8, 4) is 0 Å². The third-order valence-corrected chi connectivity index (χ3v) is 2.95.